The van der Waals surface area contributed by atoms with Crippen LogP contribution in [0.1, 0.15) is 5.56 Å². The second-order valence-corrected chi connectivity index (χ2v) is 5.99. The number of aliphatic imine (C=N–C) groups is 1. The molecule has 1 fully saturated rings. The molecule has 0 aliphatic carbocycles. The fourth-order valence-electron chi connectivity index (χ4n) is 2.06. The third kappa shape index (κ3) is 4.63. The molecule has 1 aromatic heterocycles. The number of amidine groups is 1. The Morgan fingerprint density at radius 2 is 2.20 bits per heavy atom. The van der Waals surface area contributed by atoms with Gasteiger partial charge in [-0.05, 0) is 30.0 Å². The number of nitrogens with one attached hydrogen (secondary N) is 1. The van der Waals surface area contributed by atoms with Gasteiger partial charge < -0.3 is 10.1 Å². The standard InChI is InChI=1S/C15H11F3N4O2S/c1-22-8-9(7-19-22)5-12-13(21-14(23)25-12)20-10-3-2-4-11(6-10)24-15(16,17)18/h2-8H,1H3,(H,20,21,23)/b12-5+. The lowest BCUT2D eigenvalue weighted by molar-refractivity contribution is -0.274. The molecule has 0 spiro atoms. The van der Waals surface area contributed by atoms with Gasteiger partial charge in [0.25, 0.3) is 5.24 Å². The predicted molar refractivity (Wildman–Crippen MR) is 87.5 cm³/mol. The van der Waals surface area contributed by atoms with Gasteiger partial charge in [0.15, 0.2) is 0 Å². The highest BCUT2D eigenvalue weighted by Crippen LogP contribution is 2.30. The Hall–Kier alpha value is -2.75. The van der Waals surface area contributed by atoms with Crippen LogP contribution >= 0.6 is 11.8 Å². The van der Waals surface area contributed by atoms with E-state index in [1.54, 1.807) is 30.2 Å². The normalized spacial score (nSPS) is 18.0. The number of nitrogens with zero attached hydrogens (tertiary/aromatic N) is 3. The van der Waals surface area contributed by atoms with Crippen molar-refractivity contribution < 1.29 is 22.7 Å². The van der Waals surface area contributed by atoms with E-state index in [0.717, 1.165) is 23.4 Å². The highest BCUT2D eigenvalue weighted by Gasteiger charge is 2.31. The monoisotopic (exact) mass is 368 g/mol. The third-order valence-corrected chi connectivity index (χ3v) is 3.79. The van der Waals surface area contributed by atoms with Crippen LogP contribution in [0.2, 0.25) is 0 Å². The first-order valence-corrected chi connectivity index (χ1v) is 7.74. The van der Waals surface area contributed by atoms with E-state index in [1.807, 2.05) is 0 Å². The molecule has 0 bridgehead atoms. The zero-order chi connectivity index (χ0) is 18.0. The Morgan fingerprint density at radius 1 is 1.40 bits per heavy atom. The summed E-state index contributed by atoms with van der Waals surface area (Å²) >= 11 is 0.943. The number of aromatic nitrogens is 2. The fraction of sp³-hybridized carbons (Fsp3) is 0.133. The maximum Gasteiger partial charge on any atom is 0.573 e. The topological polar surface area (TPSA) is 68.5 Å². The molecule has 1 aliphatic rings. The summed E-state index contributed by atoms with van der Waals surface area (Å²) in [4.78, 5) is 16.4. The Morgan fingerprint density at radius 3 is 2.88 bits per heavy atom. The van der Waals surface area contributed by atoms with Crippen LogP contribution in [0.3, 0.4) is 0 Å². The molecule has 3 rings (SSSR count). The van der Waals surface area contributed by atoms with Gasteiger partial charge in [0, 0.05) is 24.9 Å². The SMILES string of the molecule is Cn1cc(/C=C2/SC(=O)NC2=Nc2cccc(OC(F)(F)F)c2)cn1. The molecular weight excluding hydrogens is 357 g/mol. The summed E-state index contributed by atoms with van der Waals surface area (Å²) in [6.07, 6.45) is 0.302. The highest BCUT2D eigenvalue weighted by atomic mass is 32.2. The number of hydrogen-bond donors (Lipinski definition) is 1. The molecule has 0 atom stereocenters. The van der Waals surface area contributed by atoms with E-state index in [2.05, 4.69) is 20.1 Å². The zero-order valence-electron chi connectivity index (χ0n) is 12.7. The van der Waals surface area contributed by atoms with E-state index in [-0.39, 0.29) is 22.5 Å². The lowest BCUT2D eigenvalue weighted by Gasteiger charge is -2.09. The van der Waals surface area contributed by atoms with E-state index >= 15 is 0 Å². The van der Waals surface area contributed by atoms with Gasteiger partial charge in [0.05, 0.1) is 16.8 Å². The molecule has 1 amide bonds. The van der Waals surface area contributed by atoms with Gasteiger partial charge in [-0.15, -0.1) is 13.2 Å². The van der Waals surface area contributed by atoms with Crippen LogP contribution in [0.15, 0.2) is 46.6 Å². The molecule has 2 aromatic rings. The van der Waals surface area contributed by atoms with Crippen molar-refractivity contribution in [2.75, 3.05) is 0 Å². The molecule has 0 unspecified atom stereocenters. The van der Waals surface area contributed by atoms with Crippen LogP contribution in [0, 0.1) is 0 Å². The van der Waals surface area contributed by atoms with E-state index in [4.69, 9.17) is 0 Å². The summed E-state index contributed by atoms with van der Waals surface area (Å²) in [6, 6.07) is 5.20. The van der Waals surface area contributed by atoms with Crippen LogP contribution in [0.4, 0.5) is 23.7 Å². The summed E-state index contributed by atoms with van der Waals surface area (Å²) in [7, 11) is 1.76. The van der Waals surface area contributed by atoms with E-state index in [1.165, 1.54) is 18.2 Å². The van der Waals surface area contributed by atoms with E-state index < -0.39 is 6.36 Å². The van der Waals surface area contributed by atoms with Gasteiger partial charge in [0.1, 0.15) is 11.6 Å². The van der Waals surface area contributed by atoms with Gasteiger partial charge in [0.2, 0.25) is 0 Å². The number of thioether (sulfide) groups is 1. The largest absolute Gasteiger partial charge is 0.573 e. The summed E-state index contributed by atoms with van der Waals surface area (Å²) in [5, 5.41) is 6.27. The Kier molecular flexibility index (Phi) is 4.53. The number of carbonyl (C=O) groups excluding carboxylic acids is 1. The second kappa shape index (κ2) is 6.63. The van der Waals surface area contributed by atoms with Crippen molar-refractivity contribution >= 4 is 34.6 Å². The summed E-state index contributed by atoms with van der Waals surface area (Å²) < 4.78 is 42.4. The molecule has 1 N–H and O–H groups in total. The minimum absolute atomic E-state index is 0.219. The summed E-state index contributed by atoms with van der Waals surface area (Å²) in [6.45, 7) is 0. The number of hydrogen-bond acceptors (Lipinski definition) is 5. The van der Waals surface area contributed by atoms with Crippen molar-refractivity contribution in [2.24, 2.45) is 12.0 Å². The van der Waals surface area contributed by atoms with E-state index in [0.29, 0.717) is 4.91 Å². The Bertz CT molecular complexity index is 874. The number of carbonyl (C=O) groups is 1. The molecule has 0 radical (unpaired) electrons. The zero-order valence-corrected chi connectivity index (χ0v) is 13.6. The van der Waals surface area contributed by atoms with Crippen LogP contribution in [-0.4, -0.2) is 27.2 Å². The first-order valence-electron chi connectivity index (χ1n) is 6.92. The Labute approximate surface area is 144 Å². The molecular formula is C15H11F3N4O2S. The number of aryl methyl sites for hydroxylation is 1. The van der Waals surface area contributed by atoms with Crippen LogP contribution in [0.5, 0.6) is 5.75 Å². The maximum absolute atomic E-state index is 12.3. The molecule has 25 heavy (non-hydrogen) atoms. The maximum atomic E-state index is 12.3. The van der Waals surface area contributed by atoms with Crippen molar-refractivity contribution in [1.29, 1.82) is 0 Å². The van der Waals surface area contributed by atoms with Gasteiger partial charge in [-0.1, -0.05) is 6.07 Å². The number of ether oxygens (including phenoxy) is 1. The van der Waals surface area contributed by atoms with Crippen molar-refractivity contribution in [3.05, 3.63) is 47.1 Å². The lowest BCUT2D eigenvalue weighted by atomic mass is 10.3. The Balaban J connectivity index is 1.89. The fourth-order valence-corrected chi connectivity index (χ4v) is 2.79. The van der Waals surface area contributed by atoms with Crippen LogP contribution in [0.25, 0.3) is 6.08 Å². The highest BCUT2D eigenvalue weighted by molar-refractivity contribution is 8.18. The molecule has 1 saturated heterocycles. The third-order valence-electron chi connectivity index (χ3n) is 2.97. The van der Waals surface area contributed by atoms with Crippen LogP contribution in [-0.2, 0) is 7.05 Å². The van der Waals surface area contributed by atoms with Crippen molar-refractivity contribution in [3.8, 4) is 5.75 Å². The first kappa shape index (κ1) is 17.1. The minimum Gasteiger partial charge on any atom is -0.406 e. The molecule has 1 aliphatic heterocycles. The molecule has 10 heteroatoms. The van der Waals surface area contributed by atoms with Crippen molar-refractivity contribution in [3.63, 3.8) is 0 Å². The summed E-state index contributed by atoms with van der Waals surface area (Å²) in [5.74, 6) is -0.132. The van der Waals surface area contributed by atoms with E-state index in [9.17, 15) is 18.0 Å². The second-order valence-electron chi connectivity index (χ2n) is 4.98. The van der Waals surface area contributed by atoms with Gasteiger partial charge in [-0.2, -0.15) is 5.10 Å². The quantitative estimate of drug-likeness (QED) is 0.894. The minimum atomic E-state index is -4.78. The predicted octanol–water partition coefficient (Wildman–Crippen LogP) is 3.85. The number of rotatable bonds is 3. The smallest absolute Gasteiger partial charge is 0.406 e. The number of halogens is 3. The first-order chi connectivity index (χ1) is 11.8. The average Bonchev–Trinajstić information content (AvgIpc) is 3.04. The van der Waals surface area contributed by atoms with Gasteiger partial charge in [-0.25, -0.2) is 4.99 Å². The molecule has 1 aromatic carbocycles. The number of benzene rings is 1. The van der Waals surface area contributed by atoms with Gasteiger partial charge >= 0.3 is 6.36 Å². The number of alkyl halides is 3. The average molecular weight is 368 g/mol. The van der Waals surface area contributed by atoms with Crippen LogP contribution < -0.4 is 10.1 Å². The number of amides is 1. The molecule has 2 heterocycles. The van der Waals surface area contributed by atoms with Crippen molar-refractivity contribution in [2.45, 2.75) is 6.36 Å². The van der Waals surface area contributed by atoms with Crippen molar-refractivity contribution in [1.82, 2.24) is 15.1 Å². The molecule has 0 saturated carbocycles. The summed E-state index contributed by atoms with van der Waals surface area (Å²) in [5.41, 5.74) is 0.986. The molecule has 130 valence electrons. The lowest BCUT2D eigenvalue weighted by Crippen LogP contribution is -2.18. The van der Waals surface area contributed by atoms with Gasteiger partial charge in [-0.3, -0.25) is 9.48 Å². The molecule has 6 nitrogen and oxygen atoms in total.